The molecular weight excluding hydrogens is 787 g/mol. The molecule has 0 bridgehead atoms. The summed E-state index contributed by atoms with van der Waals surface area (Å²) in [5.74, 6) is 2.00. The van der Waals surface area contributed by atoms with E-state index in [1.165, 1.54) is 5.19 Å². The van der Waals surface area contributed by atoms with Crippen molar-refractivity contribution in [2.45, 2.75) is 63.2 Å². The molecule has 1 aromatic heterocycles. The highest BCUT2D eigenvalue weighted by atomic mass is 28.3. The number of amides is 2. The lowest BCUT2D eigenvalue weighted by Crippen LogP contribution is -2.51. The van der Waals surface area contributed by atoms with E-state index in [0.717, 1.165) is 28.3 Å². The fourth-order valence-electron chi connectivity index (χ4n) is 9.78. The summed E-state index contributed by atoms with van der Waals surface area (Å²) in [5.41, 5.74) is 3.71. The van der Waals surface area contributed by atoms with E-state index in [1.54, 1.807) is 35.9 Å². The summed E-state index contributed by atoms with van der Waals surface area (Å²) >= 11 is 0. The van der Waals surface area contributed by atoms with Gasteiger partial charge in [0.05, 0.1) is 57.6 Å². The molecule has 0 unspecified atom stereocenters. The third-order valence-electron chi connectivity index (χ3n) is 12.8. The zero-order valence-electron chi connectivity index (χ0n) is 34.9. The molecule has 4 atom stereocenters. The summed E-state index contributed by atoms with van der Waals surface area (Å²) in [6.45, 7) is 7.72. The number of anilines is 3. The Hall–Kier alpha value is -6.28. The van der Waals surface area contributed by atoms with Gasteiger partial charge >= 0.3 is 0 Å². The van der Waals surface area contributed by atoms with Crippen LogP contribution in [0.15, 0.2) is 121 Å². The third kappa shape index (κ3) is 6.86. The number of rotatable bonds is 12. The topological polar surface area (TPSA) is 128 Å². The van der Waals surface area contributed by atoms with E-state index in [2.05, 4.69) is 42.5 Å². The number of aliphatic hydroxyl groups is 1. The minimum absolute atomic E-state index is 0.00306. The van der Waals surface area contributed by atoms with Gasteiger partial charge in [0.2, 0.25) is 0 Å². The van der Waals surface area contributed by atoms with Gasteiger partial charge in [0.15, 0.2) is 11.4 Å². The molecule has 4 heterocycles. The van der Waals surface area contributed by atoms with Crippen molar-refractivity contribution in [3.8, 4) is 23.0 Å². The maximum Gasteiger partial charge on any atom is 0.266 e. The Morgan fingerprint density at radius 3 is 2.28 bits per heavy atom. The zero-order chi connectivity index (χ0) is 42.5. The van der Waals surface area contributed by atoms with Gasteiger partial charge in [0, 0.05) is 42.9 Å². The minimum atomic E-state index is -2.40. The Bertz CT molecular complexity index is 2600. The minimum Gasteiger partial charge on any atom is -0.497 e. The predicted molar refractivity (Wildman–Crippen MR) is 235 cm³/mol. The van der Waals surface area contributed by atoms with Crippen molar-refractivity contribution in [1.29, 1.82) is 0 Å². The molecule has 5 aromatic carbocycles. The van der Waals surface area contributed by atoms with Gasteiger partial charge in [-0.25, -0.2) is 0 Å². The first-order chi connectivity index (χ1) is 29.6. The molecule has 9 rings (SSSR count). The number of aliphatic hydroxyl groups excluding tert-OH is 1. The molecule has 1 N–H and O–H groups in total. The van der Waals surface area contributed by atoms with Crippen LogP contribution in [0.25, 0.3) is 0 Å². The number of hydrogen-bond acceptors (Lipinski definition) is 9. The normalized spacial score (nSPS) is 20.6. The number of carbonyl (C=O) groups is 2. The molecule has 6 aromatic rings. The van der Waals surface area contributed by atoms with Crippen molar-refractivity contribution >= 4 is 42.1 Å². The number of carbonyl (C=O) groups excluding carboxylic acids is 2. The molecule has 12 nitrogen and oxygen atoms in total. The molecule has 0 radical (unpaired) electrons. The van der Waals surface area contributed by atoms with Gasteiger partial charge in [-0.2, -0.15) is 0 Å². The lowest BCUT2D eigenvalue weighted by Gasteiger charge is -2.37. The molecule has 0 aliphatic carbocycles. The Morgan fingerprint density at radius 1 is 0.836 bits per heavy atom. The van der Waals surface area contributed by atoms with Crippen LogP contribution in [0.2, 0.25) is 18.6 Å². The maximum atomic E-state index is 15.5. The molecule has 3 aliphatic rings. The van der Waals surface area contributed by atoms with E-state index in [1.807, 2.05) is 102 Å². The second-order valence-corrected chi connectivity index (χ2v) is 21.2. The SMILES string of the molecule is COc1ccc([Si](C)(C)[C@H]2[C@H](CCn3cc(CCO)nn3)O[C@@]3(C(=O)N(Cc4ccc(N5C(=O)c6ccccc6Oc6ccccc65)cc4)c4ccc(OC)cc43)[C@@H]2C)cc1. The van der Waals surface area contributed by atoms with E-state index < -0.39 is 13.7 Å². The highest BCUT2D eigenvalue weighted by Gasteiger charge is 2.66. The molecule has 0 saturated carbocycles. The molecule has 61 heavy (non-hydrogen) atoms. The Balaban J connectivity index is 1.07. The van der Waals surface area contributed by atoms with Crippen molar-refractivity contribution in [3.05, 3.63) is 144 Å². The van der Waals surface area contributed by atoms with E-state index in [4.69, 9.17) is 18.9 Å². The Labute approximate surface area is 356 Å². The summed E-state index contributed by atoms with van der Waals surface area (Å²) < 4.78 is 26.7. The molecule has 1 spiro atoms. The average molecular weight is 836 g/mol. The first kappa shape index (κ1) is 40.1. The van der Waals surface area contributed by atoms with Crippen LogP contribution in [-0.4, -0.2) is 66.9 Å². The molecule has 1 fully saturated rings. The quantitative estimate of drug-likeness (QED) is 0.123. The second-order valence-electron chi connectivity index (χ2n) is 16.5. The van der Waals surface area contributed by atoms with E-state index >= 15 is 4.79 Å². The van der Waals surface area contributed by atoms with Crippen LogP contribution in [0.4, 0.5) is 17.1 Å². The van der Waals surface area contributed by atoms with Gasteiger partial charge in [-0.1, -0.05) is 78.9 Å². The number of hydrogen-bond donors (Lipinski definition) is 1. The van der Waals surface area contributed by atoms with Gasteiger partial charge in [-0.05, 0) is 84.3 Å². The van der Waals surface area contributed by atoms with E-state index in [0.29, 0.717) is 53.6 Å². The van der Waals surface area contributed by atoms with Crippen LogP contribution < -0.4 is 29.2 Å². The van der Waals surface area contributed by atoms with Gasteiger partial charge in [0.25, 0.3) is 11.8 Å². The van der Waals surface area contributed by atoms with Crippen LogP contribution in [0, 0.1) is 5.92 Å². The summed E-state index contributed by atoms with van der Waals surface area (Å²) in [6.07, 6.45) is 2.61. The number of fused-ring (bicyclic) bond motifs is 4. The fourth-order valence-corrected chi connectivity index (χ4v) is 13.8. The third-order valence-corrected chi connectivity index (χ3v) is 17.2. The lowest BCUT2D eigenvalue weighted by molar-refractivity contribution is -0.146. The summed E-state index contributed by atoms with van der Waals surface area (Å²) in [4.78, 5) is 33.1. The second kappa shape index (κ2) is 16.0. The highest BCUT2D eigenvalue weighted by molar-refractivity contribution is 6.91. The zero-order valence-corrected chi connectivity index (χ0v) is 35.9. The number of benzene rings is 5. The van der Waals surface area contributed by atoms with Gasteiger partial charge in [-0.3, -0.25) is 19.2 Å². The lowest BCUT2D eigenvalue weighted by atomic mass is 9.82. The fraction of sp³-hybridized carbons (Fsp3) is 0.292. The van der Waals surface area contributed by atoms with Crippen LogP contribution in [0.3, 0.4) is 0 Å². The van der Waals surface area contributed by atoms with Crippen molar-refractivity contribution < 1.29 is 33.6 Å². The van der Waals surface area contributed by atoms with Crippen molar-refractivity contribution in [1.82, 2.24) is 15.0 Å². The smallest absolute Gasteiger partial charge is 0.266 e. The standard InChI is InChI=1S/C48H49N5O7Si/c1-31-45(61(4,5)37-21-18-35(57-2)19-22-37)44(24-26-51-30-33(25-27-54)49-50-51)60-48(31)39-28-36(58-3)20-23-40(39)52(47(48)56)29-32-14-16-34(17-15-32)53-41-11-7-9-13-43(41)59-42-12-8-6-10-38(42)46(53)55/h6-23,28,30-31,44-45,54H,24-27,29H2,1-5H3/t31-,44+,45-,48+/m1/s1. The van der Waals surface area contributed by atoms with Crippen LogP contribution in [0.5, 0.6) is 23.0 Å². The van der Waals surface area contributed by atoms with Crippen molar-refractivity contribution in [2.75, 3.05) is 30.6 Å². The van der Waals surface area contributed by atoms with Crippen LogP contribution >= 0.6 is 0 Å². The number of nitrogens with zero attached hydrogens (tertiary/aromatic N) is 5. The average Bonchev–Trinajstić information content (AvgIpc) is 3.90. The van der Waals surface area contributed by atoms with Crippen molar-refractivity contribution in [2.24, 2.45) is 5.92 Å². The molecule has 312 valence electrons. The Kier molecular flexibility index (Phi) is 10.5. The Morgan fingerprint density at radius 2 is 1.54 bits per heavy atom. The summed E-state index contributed by atoms with van der Waals surface area (Å²) in [7, 11) is 0.906. The van der Waals surface area contributed by atoms with E-state index in [9.17, 15) is 9.90 Å². The van der Waals surface area contributed by atoms with Gasteiger partial charge < -0.3 is 29.0 Å². The molecule has 13 heteroatoms. The number of para-hydroxylation sites is 3. The predicted octanol–water partition coefficient (Wildman–Crippen LogP) is 7.77. The number of aromatic nitrogens is 3. The van der Waals surface area contributed by atoms with Gasteiger partial charge in [0.1, 0.15) is 17.2 Å². The number of methoxy groups -OCH3 is 2. The van der Waals surface area contributed by atoms with Crippen LogP contribution in [0.1, 0.15) is 40.5 Å². The van der Waals surface area contributed by atoms with Crippen molar-refractivity contribution in [3.63, 3.8) is 0 Å². The molecule has 2 amide bonds. The molecule has 3 aliphatic heterocycles. The largest absolute Gasteiger partial charge is 0.497 e. The first-order valence-corrected chi connectivity index (χ1v) is 23.8. The monoisotopic (exact) mass is 835 g/mol. The highest BCUT2D eigenvalue weighted by Crippen LogP contribution is 2.60. The van der Waals surface area contributed by atoms with Gasteiger partial charge in [-0.15, -0.1) is 5.10 Å². The molecule has 1 saturated heterocycles. The summed E-state index contributed by atoms with van der Waals surface area (Å²) in [6, 6.07) is 36.7. The number of ether oxygens (including phenoxy) is 4. The summed E-state index contributed by atoms with van der Waals surface area (Å²) in [5, 5.41) is 19.3. The van der Waals surface area contributed by atoms with Crippen LogP contribution in [-0.2, 0) is 34.6 Å². The van der Waals surface area contributed by atoms with E-state index in [-0.39, 0.29) is 42.5 Å². The molecular formula is C48H49N5O7Si. The maximum absolute atomic E-state index is 15.5. The number of aryl methyl sites for hydroxylation is 1. The first-order valence-electron chi connectivity index (χ1n) is 20.7.